The first-order valence-corrected chi connectivity index (χ1v) is 13.9. The number of aliphatic hydroxyl groups is 2. The summed E-state index contributed by atoms with van der Waals surface area (Å²) in [5.41, 5.74) is -0.591. The Morgan fingerprint density at radius 2 is 1.69 bits per heavy atom. The van der Waals surface area contributed by atoms with Crippen LogP contribution in [-0.4, -0.2) is 21.9 Å². The second-order valence-corrected chi connectivity index (χ2v) is 13.4. The molecule has 3 unspecified atom stereocenters. The van der Waals surface area contributed by atoms with Gasteiger partial charge >= 0.3 is 0 Å². The maximum absolute atomic E-state index is 11.0. The molecule has 32 heavy (non-hydrogen) atoms. The molecule has 3 heteroatoms. The Morgan fingerprint density at radius 1 is 1.00 bits per heavy atom. The van der Waals surface area contributed by atoms with E-state index in [4.69, 9.17) is 0 Å². The van der Waals surface area contributed by atoms with Crippen LogP contribution in [0.4, 0.5) is 0 Å². The quantitative estimate of drug-likeness (QED) is 0.479. The maximum atomic E-state index is 11.0. The summed E-state index contributed by atoms with van der Waals surface area (Å²) in [7, 11) is 0. The molecule has 4 aliphatic carbocycles. The molecule has 4 saturated carbocycles. The van der Waals surface area contributed by atoms with Crippen LogP contribution in [0.3, 0.4) is 0 Å². The minimum absolute atomic E-state index is 0.396. The topological polar surface area (TPSA) is 64.2 Å². The largest absolute Gasteiger partial charge is 0.391 e. The minimum Gasteiger partial charge on any atom is -0.391 e. The van der Waals surface area contributed by atoms with Crippen LogP contribution in [0.25, 0.3) is 0 Å². The summed E-state index contributed by atoms with van der Waals surface area (Å²) in [4.78, 5) is 0. The molecular weight excluding hydrogens is 394 g/mol. The Hall–Kier alpha value is -0.590. The summed E-state index contributed by atoms with van der Waals surface area (Å²) in [6.45, 7) is 10.9. The lowest BCUT2D eigenvalue weighted by Gasteiger charge is -2.60. The molecule has 0 aromatic heterocycles. The Labute approximate surface area is 197 Å². The van der Waals surface area contributed by atoms with Crippen LogP contribution in [-0.2, 0) is 0 Å². The standard InChI is InChI=1S/C29H49NO2/c1-6-29(32)16-15-28(5)20(17-29)8-9-24-23-11-10-21(22(23)12-13-25(24)28)19(2)7-14-26(31)27(3,4)18-30/h19-26,31-32H,6-17H2,1-5H3/t19-,20+,21-,22-,23?,24?,25?,26+,28+,29+/m1/s1. The predicted molar refractivity (Wildman–Crippen MR) is 130 cm³/mol. The van der Waals surface area contributed by atoms with Gasteiger partial charge in [0.2, 0.25) is 0 Å². The third kappa shape index (κ3) is 4.17. The molecule has 0 aliphatic heterocycles. The van der Waals surface area contributed by atoms with Crippen molar-refractivity contribution in [2.24, 2.45) is 52.3 Å². The van der Waals surface area contributed by atoms with Crippen molar-refractivity contribution in [2.75, 3.05) is 0 Å². The first-order chi connectivity index (χ1) is 15.0. The van der Waals surface area contributed by atoms with Crippen LogP contribution < -0.4 is 0 Å². The van der Waals surface area contributed by atoms with E-state index in [-0.39, 0.29) is 0 Å². The number of nitriles is 1. The third-order valence-electron chi connectivity index (χ3n) is 11.6. The summed E-state index contributed by atoms with van der Waals surface area (Å²) in [5.74, 6) is 5.74. The molecule has 4 aliphatic rings. The molecule has 182 valence electrons. The van der Waals surface area contributed by atoms with Crippen LogP contribution in [0.2, 0.25) is 0 Å². The fraction of sp³-hybridized carbons (Fsp3) is 0.966. The zero-order valence-corrected chi connectivity index (χ0v) is 21.4. The van der Waals surface area contributed by atoms with E-state index in [1.807, 2.05) is 13.8 Å². The van der Waals surface area contributed by atoms with Gasteiger partial charge in [-0.3, -0.25) is 0 Å². The lowest BCUT2D eigenvalue weighted by Crippen LogP contribution is -2.54. The van der Waals surface area contributed by atoms with Crippen molar-refractivity contribution in [1.82, 2.24) is 0 Å². The van der Waals surface area contributed by atoms with E-state index in [0.29, 0.717) is 11.3 Å². The normalized spacial score (nSPS) is 45.8. The van der Waals surface area contributed by atoms with E-state index in [2.05, 4.69) is 26.8 Å². The van der Waals surface area contributed by atoms with Gasteiger partial charge in [0.05, 0.1) is 23.2 Å². The summed E-state index contributed by atoms with van der Waals surface area (Å²) in [5, 5.41) is 30.8. The molecule has 0 bridgehead atoms. The van der Waals surface area contributed by atoms with Crippen molar-refractivity contribution < 1.29 is 10.2 Å². The summed E-state index contributed by atoms with van der Waals surface area (Å²) >= 11 is 0. The predicted octanol–water partition coefficient (Wildman–Crippen LogP) is 6.72. The Bertz CT molecular complexity index is 712. The molecule has 0 spiro atoms. The van der Waals surface area contributed by atoms with Crippen molar-refractivity contribution in [2.45, 2.75) is 123 Å². The smallest absolute Gasteiger partial charge is 0.0776 e. The van der Waals surface area contributed by atoms with Gasteiger partial charge in [-0.05, 0) is 138 Å². The lowest BCUT2D eigenvalue weighted by atomic mass is 9.45. The molecule has 0 aromatic rings. The number of nitrogens with zero attached hydrogens (tertiary/aromatic N) is 1. The van der Waals surface area contributed by atoms with E-state index in [1.165, 1.54) is 44.9 Å². The van der Waals surface area contributed by atoms with Gasteiger partial charge in [-0.25, -0.2) is 0 Å². The number of fused-ring (bicyclic) bond motifs is 5. The summed E-state index contributed by atoms with van der Waals surface area (Å²) in [6.07, 6.45) is 13.8. The van der Waals surface area contributed by atoms with Gasteiger partial charge in [0.25, 0.3) is 0 Å². The highest BCUT2D eigenvalue weighted by molar-refractivity contribution is 5.08. The molecule has 2 N–H and O–H groups in total. The highest BCUT2D eigenvalue weighted by Gasteiger charge is 2.58. The van der Waals surface area contributed by atoms with Crippen molar-refractivity contribution in [1.29, 1.82) is 5.26 Å². The number of rotatable bonds is 6. The van der Waals surface area contributed by atoms with Crippen LogP contribution in [0.5, 0.6) is 0 Å². The lowest BCUT2D eigenvalue weighted by molar-refractivity contribution is -0.140. The van der Waals surface area contributed by atoms with E-state index >= 15 is 0 Å². The number of hydrogen-bond donors (Lipinski definition) is 2. The number of hydrogen-bond acceptors (Lipinski definition) is 3. The van der Waals surface area contributed by atoms with Gasteiger partial charge in [-0.2, -0.15) is 5.26 Å². The van der Waals surface area contributed by atoms with E-state index < -0.39 is 17.1 Å². The SMILES string of the molecule is CC[C@]1(O)CC[C@]2(C)C3CC[C@H]4C(CC[C@@H]4[C@H](C)CC[C@H](O)C(C)(C)C#N)C3CC[C@H]2C1. The molecule has 3 nitrogen and oxygen atoms in total. The fourth-order valence-electron chi connectivity index (χ4n) is 9.12. The van der Waals surface area contributed by atoms with Crippen molar-refractivity contribution in [3.05, 3.63) is 0 Å². The monoisotopic (exact) mass is 443 g/mol. The highest BCUT2D eigenvalue weighted by Crippen LogP contribution is 2.65. The average Bonchev–Trinajstić information content (AvgIpc) is 3.22. The first kappa shape index (κ1) is 24.5. The molecule has 10 atom stereocenters. The molecule has 0 saturated heterocycles. The Balaban J connectivity index is 1.39. The van der Waals surface area contributed by atoms with Crippen LogP contribution in [0, 0.1) is 63.6 Å². The third-order valence-corrected chi connectivity index (χ3v) is 11.6. The minimum atomic E-state index is -0.645. The zero-order chi connectivity index (χ0) is 23.3. The molecule has 0 aromatic carbocycles. The maximum Gasteiger partial charge on any atom is 0.0776 e. The van der Waals surface area contributed by atoms with Crippen molar-refractivity contribution in [3.63, 3.8) is 0 Å². The van der Waals surface area contributed by atoms with E-state index in [1.54, 1.807) is 0 Å². The highest BCUT2D eigenvalue weighted by atomic mass is 16.3. The van der Waals surface area contributed by atoms with Gasteiger partial charge in [0.1, 0.15) is 0 Å². The second-order valence-electron chi connectivity index (χ2n) is 13.4. The van der Waals surface area contributed by atoms with Crippen LogP contribution >= 0.6 is 0 Å². The van der Waals surface area contributed by atoms with Crippen LogP contribution in [0.15, 0.2) is 0 Å². The zero-order valence-electron chi connectivity index (χ0n) is 21.4. The number of aliphatic hydroxyl groups excluding tert-OH is 1. The van der Waals surface area contributed by atoms with Crippen molar-refractivity contribution in [3.8, 4) is 6.07 Å². The van der Waals surface area contributed by atoms with E-state index in [9.17, 15) is 15.5 Å². The summed E-state index contributed by atoms with van der Waals surface area (Å²) < 4.78 is 0. The average molecular weight is 444 g/mol. The molecule has 0 amide bonds. The fourth-order valence-corrected chi connectivity index (χ4v) is 9.12. The van der Waals surface area contributed by atoms with Gasteiger partial charge in [-0.1, -0.05) is 20.8 Å². The van der Waals surface area contributed by atoms with Gasteiger partial charge in [-0.15, -0.1) is 0 Å². The molecule has 4 rings (SSSR count). The van der Waals surface area contributed by atoms with Crippen molar-refractivity contribution >= 4 is 0 Å². The molecular formula is C29H49NO2. The van der Waals surface area contributed by atoms with Gasteiger partial charge < -0.3 is 10.2 Å². The summed E-state index contributed by atoms with van der Waals surface area (Å²) in [6, 6.07) is 2.28. The van der Waals surface area contributed by atoms with Crippen LogP contribution in [0.1, 0.15) is 112 Å². The Kier molecular flexibility index (Phi) is 6.81. The molecule has 4 fully saturated rings. The molecule has 0 heterocycles. The Morgan fingerprint density at radius 3 is 2.38 bits per heavy atom. The van der Waals surface area contributed by atoms with E-state index in [0.717, 1.165) is 67.6 Å². The second kappa shape index (κ2) is 8.88. The van der Waals surface area contributed by atoms with Gasteiger partial charge in [0, 0.05) is 0 Å². The first-order valence-electron chi connectivity index (χ1n) is 13.9. The van der Waals surface area contributed by atoms with Gasteiger partial charge in [0.15, 0.2) is 0 Å². The molecule has 0 radical (unpaired) electrons.